The molecule has 19 heavy (non-hydrogen) atoms. The van der Waals surface area contributed by atoms with E-state index in [1.54, 1.807) is 17.1 Å². The number of carbonyl (C=O) groups is 1. The summed E-state index contributed by atoms with van der Waals surface area (Å²) < 4.78 is 1.57. The smallest absolute Gasteiger partial charge is 0.186 e. The Balaban J connectivity index is 2.16. The van der Waals surface area contributed by atoms with E-state index in [9.17, 15) is 4.79 Å². The van der Waals surface area contributed by atoms with Crippen LogP contribution in [0.2, 0.25) is 5.15 Å². The van der Waals surface area contributed by atoms with Gasteiger partial charge in [-0.05, 0) is 13.5 Å². The maximum Gasteiger partial charge on any atom is 0.186 e. The SMILES string of the molecule is Cc1nn(C)c(Cl)c1CC(=O)c1csc(CCN)n1. The largest absolute Gasteiger partial charge is 0.330 e. The Bertz CT molecular complexity index is 605. The van der Waals surface area contributed by atoms with Gasteiger partial charge in [-0.15, -0.1) is 11.3 Å². The zero-order valence-corrected chi connectivity index (χ0v) is 12.4. The lowest BCUT2D eigenvalue weighted by Crippen LogP contribution is -2.06. The predicted octanol–water partition coefficient (Wildman–Crippen LogP) is 1.77. The number of hydrogen-bond donors (Lipinski definition) is 1. The predicted molar refractivity (Wildman–Crippen MR) is 75.9 cm³/mol. The van der Waals surface area contributed by atoms with E-state index in [0.717, 1.165) is 16.3 Å². The second-order valence-electron chi connectivity index (χ2n) is 4.24. The summed E-state index contributed by atoms with van der Waals surface area (Å²) in [5, 5.41) is 7.35. The van der Waals surface area contributed by atoms with Crippen LogP contribution in [0.25, 0.3) is 0 Å². The molecule has 0 radical (unpaired) electrons. The molecule has 0 saturated carbocycles. The molecule has 0 aromatic carbocycles. The number of rotatable bonds is 5. The zero-order chi connectivity index (χ0) is 14.0. The van der Waals surface area contributed by atoms with Gasteiger partial charge in [0.05, 0.1) is 10.7 Å². The highest BCUT2D eigenvalue weighted by Crippen LogP contribution is 2.21. The van der Waals surface area contributed by atoms with Crippen molar-refractivity contribution >= 4 is 28.7 Å². The fourth-order valence-corrected chi connectivity index (χ4v) is 2.86. The van der Waals surface area contributed by atoms with E-state index in [1.165, 1.54) is 11.3 Å². The summed E-state index contributed by atoms with van der Waals surface area (Å²) in [6.07, 6.45) is 0.926. The maximum absolute atomic E-state index is 12.2. The lowest BCUT2D eigenvalue weighted by Gasteiger charge is -1.98. The highest BCUT2D eigenvalue weighted by Gasteiger charge is 2.18. The normalized spacial score (nSPS) is 10.9. The highest BCUT2D eigenvalue weighted by atomic mass is 35.5. The average Bonchev–Trinajstić information content (AvgIpc) is 2.91. The van der Waals surface area contributed by atoms with Crippen molar-refractivity contribution in [2.75, 3.05) is 6.54 Å². The zero-order valence-electron chi connectivity index (χ0n) is 10.8. The molecule has 7 heteroatoms. The summed E-state index contributed by atoms with van der Waals surface area (Å²) in [6.45, 7) is 2.38. The van der Waals surface area contributed by atoms with Crippen molar-refractivity contribution in [1.29, 1.82) is 0 Å². The van der Waals surface area contributed by atoms with Crippen LogP contribution in [0.3, 0.4) is 0 Å². The van der Waals surface area contributed by atoms with Crippen molar-refractivity contribution in [1.82, 2.24) is 14.8 Å². The lowest BCUT2D eigenvalue weighted by molar-refractivity contribution is 0.0988. The van der Waals surface area contributed by atoms with Crippen molar-refractivity contribution in [2.45, 2.75) is 19.8 Å². The Labute approximate surface area is 120 Å². The summed E-state index contributed by atoms with van der Waals surface area (Å²) in [7, 11) is 1.76. The maximum atomic E-state index is 12.2. The Morgan fingerprint density at radius 3 is 2.89 bits per heavy atom. The number of aromatic nitrogens is 3. The topological polar surface area (TPSA) is 73.8 Å². The summed E-state index contributed by atoms with van der Waals surface area (Å²) in [4.78, 5) is 16.4. The van der Waals surface area contributed by atoms with Gasteiger partial charge in [-0.1, -0.05) is 11.6 Å². The van der Waals surface area contributed by atoms with Crippen LogP contribution in [-0.4, -0.2) is 27.1 Å². The van der Waals surface area contributed by atoms with E-state index >= 15 is 0 Å². The third kappa shape index (κ3) is 3.02. The Morgan fingerprint density at radius 1 is 1.58 bits per heavy atom. The molecule has 2 aromatic rings. The van der Waals surface area contributed by atoms with Gasteiger partial charge in [0.15, 0.2) is 5.78 Å². The van der Waals surface area contributed by atoms with Gasteiger partial charge in [-0.3, -0.25) is 9.48 Å². The first-order chi connectivity index (χ1) is 9.02. The molecule has 2 rings (SSSR count). The minimum absolute atomic E-state index is 0.0440. The van der Waals surface area contributed by atoms with Crippen molar-refractivity contribution in [3.05, 3.63) is 32.5 Å². The van der Waals surface area contributed by atoms with Gasteiger partial charge in [0.25, 0.3) is 0 Å². The van der Waals surface area contributed by atoms with Crippen LogP contribution in [0.5, 0.6) is 0 Å². The Morgan fingerprint density at radius 2 is 2.32 bits per heavy atom. The third-order valence-corrected chi connectivity index (χ3v) is 4.18. The Hall–Kier alpha value is -1.24. The number of thiazole rings is 1. The second kappa shape index (κ2) is 5.81. The number of Topliss-reactive ketones (excluding diaryl/α,β-unsaturated/α-hetero) is 1. The quantitative estimate of drug-likeness (QED) is 0.854. The van der Waals surface area contributed by atoms with Gasteiger partial charge in [-0.25, -0.2) is 4.98 Å². The number of ketones is 1. The molecule has 0 spiro atoms. The molecule has 0 aliphatic carbocycles. The van der Waals surface area contributed by atoms with Crippen molar-refractivity contribution in [3.8, 4) is 0 Å². The van der Waals surface area contributed by atoms with Crippen LogP contribution in [0.15, 0.2) is 5.38 Å². The Kier molecular flexibility index (Phi) is 4.34. The fraction of sp³-hybridized carbons (Fsp3) is 0.417. The van der Waals surface area contributed by atoms with Crippen LogP contribution in [0.1, 0.15) is 26.8 Å². The molecule has 0 fully saturated rings. The van der Waals surface area contributed by atoms with Gasteiger partial charge in [0.1, 0.15) is 10.8 Å². The van der Waals surface area contributed by atoms with Crippen LogP contribution in [-0.2, 0) is 19.9 Å². The molecule has 5 nitrogen and oxygen atoms in total. The van der Waals surface area contributed by atoms with Crippen LogP contribution in [0.4, 0.5) is 0 Å². The van der Waals surface area contributed by atoms with E-state index in [-0.39, 0.29) is 12.2 Å². The number of nitrogens with two attached hydrogens (primary N) is 1. The number of hydrogen-bond acceptors (Lipinski definition) is 5. The highest BCUT2D eigenvalue weighted by molar-refractivity contribution is 7.09. The molecular formula is C12H15ClN4OS. The summed E-state index contributed by atoms with van der Waals surface area (Å²) in [5.41, 5.74) is 7.49. The van der Waals surface area contributed by atoms with E-state index in [0.29, 0.717) is 23.8 Å². The standard InChI is InChI=1S/C12H15ClN4OS/c1-7-8(12(13)17(2)16-7)5-10(18)9-6-19-11(15-9)3-4-14/h6H,3-5,14H2,1-2H3. The molecule has 0 amide bonds. The van der Waals surface area contributed by atoms with Gasteiger partial charge >= 0.3 is 0 Å². The summed E-state index contributed by atoms with van der Waals surface area (Å²) >= 11 is 7.58. The molecule has 0 aliphatic rings. The lowest BCUT2D eigenvalue weighted by atomic mass is 10.1. The average molecular weight is 299 g/mol. The molecule has 0 unspecified atom stereocenters. The second-order valence-corrected chi connectivity index (χ2v) is 5.54. The first kappa shape index (κ1) is 14.2. The number of halogens is 1. The number of aryl methyl sites for hydroxylation is 2. The fourth-order valence-electron chi connectivity index (χ4n) is 1.80. The molecular weight excluding hydrogens is 284 g/mol. The van der Waals surface area contributed by atoms with Gasteiger partial charge < -0.3 is 5.73 Å². The van der Waals surface area contributed by atoms with E-state index in [2.05, 4.69) is 10.1 Å². The first-order valence-electron chi connectivity index (χ1n) is 5.88. The molecule has 0 aliphatic heterocycles. The van der Waals surface area contributed by atoms with Crippen molar-refractivity contribution < 1.29 is 4.79 Å². The first-order valence-corrected chi connectivity index (χ1v) is 7.14. The van der Waals surface area contributed by atoms with Crippen molar-refractivity contribution in [2.24, 2.45) is 12.8 Å². The molecule has 0 bridgehead atoms. The van der Waals surface area contributed by atoms with Crippen LogP contribution in [0, 0.1) is 6.92 Å². The van der Waals surface area contributed by atoms with E-state index in [4.69, 9.17) is 17.3 Å². The van der Waals surface area contributed by atoms with Crippen LogP contribution >= 0.6 is 22.9 Å². The molecule has 0 atom stereocenters. The van der Waals surface area contributed by atoms with Crippen molar-refractivity contribution in [3.63, 3.8) is 0 Å². The number of nitrogens with zero attached hydrogens (tertiary/aromatic N) is 3. The summed E-state index contributed by atoms with van der Waals surface area (Å²) in [6, 6.07) is 0. The molecule has 2 aromatic heterocycles. The molecule has 102 valence electrons. The summed E-state index contributed by atoms with van der Waals surface area (Å²) in [5.74, 6) is -0.0440. The monoisotopic (exact) mass is 298 g/mol. The van der Waals surface area contributed by atoms with E-state index in [1.807, 2.05) is 6.92 Å². The molecule has 2 heterocycles. The van der Waals surface area contributed by atoms with Crippen LogP contribution < -0.4 is 5.73 Å². The molecule has 2 N–H and O–H groups in total. The van der Waals surface area contributed by atoms with Gasteiger partial charge in [0, 0.05) is 30.8 Å². The third-order valence-electron chi connectivity index (χ3n) is 2.80. The molecule has 0 saturated heterocycles. The van der Waals surface area contributed by atoms with Gasteiger partial charge in [-0.2, -0.15) is 5.10 Å². The minimum Gasteiger partial charge on any atom is -0.330 e. The van der Waals surface area contributed by atoms with E-state index < -0.39 is 0 Å². The number of carbonyl (C=O) groups excluding carboxylic acids is 1. The van der Waals surface area contributed by atoms with Gasteiger partial charge in [0.2, 0.25) is 0 Å². The minimum atomic E-state index is -0.0440.